The van der Waals surface area contributed by atoms with Crippen LogP contribution >= 0.6 is 0 Å². The maximum atomic E-state index is 11.3. The van der Waals surface area contributed by atoms with Crippen LogP contribution < -0.4 is 14.9 Å². The van der Waals surface area contributed by atoms with E-state index in [4.69, 9.17) is 14.6 Å². The Labute approximate surface area is 116 Å². The minimum Gasteiger partial charge on any atom is -0.507 e. The molecule has 0 atom stereocenters. The van der Waals surface area contributed by atoms with Crippen molar-refractivity contribution in [3.05, 3.63) is 17.7 Å². The molecule has 20 heavy (non-hydrogen) atoms. The number of phenols is 1. The van der Waals surface area contributed by atoms with Crippen LogP contribution in [0.4, 0.5) is 0 Å². The molecule has 0 spiro atoms. The molecule has 0 unspecified atom stereocenters. The summed E-state index contributed by atoms with van der Waals surface area (Å²) >= 11 is 0. The Morgan fingerprint density at radius 1 is 1.40 bits per heavy atom. The maximum absolute atomic E-state index is 11.3. The number of ether oxygens (including phenoxy) is 2. The van der Waals surface area contributed by atoms with Crippen LogP contribution in [-0.2, 0) is 4.79 Å². The van der Waals surface area contributed by atoms with E-state index in [2.05, 4.69) is 10.5 Å². The van der Waals surface area contributed by atoms with Crippen molar-refractivity contribution in [2.24, 2.45) is 5.10 Å². The lowest BCUT2D eigenvalue weighted by atomic mass is 10.2. The van der Waals surface area contributed by atoms with E-state index in [1.165, 1.54) is 26.5 Å². The number of hydrogen-bond acceptors (Lipinski definition) is 6. The minimum absolute atomic E-state index is 0.0514. The van der Waals surface area contributed by atoms with Crippen LogP contribution in [0.3, 0.4) is 0 Å². The second-order valence-corrected chi connectivity index (χ2v) is 3.88. The zero-order valence-corrected chi connectivity index (χ0v) is 11.4. The van der Waals surface area contributed by atoms with Crippen molar-refractivity contribution in [2.75, 3.05) is 20.8 Å². The Kier molecular flexibility index (Phi) is 6.31. The molecule has 0 aromatic heterocycles. The summed E-state index contributed by atoms with van der Waals surface area (Å²) in [6, 6.07) is 3.01. The molecule has 0 bridgehead atoms. The third kappa shape index (κ3) is 4.43. The Morgan fingerprint density at radius 2 is 2.15 bits per heavy atom. The molecule has 0 saturated heterocycles. The van der Waals surface area contributed by atoms with Crippen molar-refractivity contribution < 1.29 is 24.5 Å². The lowest BCUT2D eigenvalue weighted by Crippen LogP contribution is -2.17. The molecule has 0 saturated carbocycles. The number of hydrazone groups is 1. The number of benzene rings is 1. The third-order valence-electron chi connectivity index (χ3n) is 2.49. The predicted molar refractivity (Wildman–Crippen MR) is 73.3 cm³/mol. The first-order valence-electron chi connectivity index (χ1n) is 6.00. The number of rotatable bonds is 7. The second-order valence-electron chi connectivity index (χ2n) is 3.88. The molecular weight excluding hydrogens is 264 g/mol. The fourth-order valence-electron chi connectivity index (χ4n) is 1.47. The van der Waals surface area contributed by atoms with Crippen molar-refractivity contribution in [1.82, 2.24) is 5.43 Å². The number of nitrogens with zero attached hydrogens (tertiary/aromatic N) is 1. The zero-order chi connectivity index (χ0) is 15.0. The summed E-state index contributed by atoms with van der Waals surface area (Å²) in [5.74, 6) is 0.426. The van der Waals surface area contributed by atoms with Gasteiger partial charge in [0, 0.05) is 25.2 Å². The van der Waals surface area contributed by atoms with Gasteiger partial charge in [-0.2, -0.15) is 5.10 Å². The van der Waals surface area contributed by atoms with E-state index in [1.54, 1.807) is 6.07 Å². The molecule has 0 aliphatic heterocycles. The summed E-state index contributed by atoms with van der Waals surface area (Å²) in [4.78, 5) is 11.3. The Morgan fingerprint density at radius 3 is 2.75 bits per heavy atom. The minimum atomic E-state index is -0.317. The van der Waals surface area contributed by atoms with E-state index in [-0.39, 0.29) is 24.7 Å². The van der Waals surface area contributed by atoms with Crippen LogP contribution in [0.2, 0.25) is 0 Å². The molecule has 110 valence electrons. The van der Waals surface area contributed by atoms with E-state index in [0.29, 0.717) is 23.5 Å². The van der Waals surface area contributed by atoms with Gasteiger partial charge in [-0.25, -0.2) is 5.43 Å². The number of carbonyl (C=O) groups excluding carboxylic acids is 1. The van der Waals surface area contributed by atoms with E-state index in [0.717, 1.165) is 0 Å². The van der Waals surface area contributed by atoms with Crippen molar-refractivity contribution in [3.63, 3.8) is 0 Å². The van der Waals surface area contributed by atoms with Crippen molar-refractivity contribution in [2.45, 2.75) is 12.8 Å². The molecule has 0 fully saturated rings. The van der Waals surface area contributed by atoms with Gasteiger partial charge in [0.05, 0.1) is 26.0 Å². The number of nitrogens with one attached hydrogen (secondary N) is 1. The monoisotopic (exact) mass is 282 g/mol. The maximum Gasteiger partial charge on any atom is 0.240 e. The average Bonchev–Trinajstić information content (AvgIpc) is 2.46. The number of aromatic hydroxyl groups is 1. The fraction of sp³-hybridized carbons (Fsp3) is 0.385. The highest BCUT2D eigenvalue weighted by molar-refractivity contribution is 5.88. The molecule has 0 heterocycles. The molecule has 0 radical (unpaired) electrons. The lowest BCUT2D eigenvalue weighted by Gasteiger charge is -2.09. The van der Waals surface area contributed by atoms with Gasteiger partial charge >= 0.3 is 0 Å². The smallest absolute Gasteiger partial charge is 0.240 e. The van der Waals surface area contributed by atoms with Gasteiger partial charge in [-0.3, -0.25) is 4.79 Å². The summed E-state index contributed by atoms with van der Waals surface area (Å²) in [6.07, 6.45) is 1.84. The van der Waals surface area contributed by atoms with Crippen molar-refractivity contribution >= 4 is 12.1 Å². The lowest BCUT2D eigenvalue weighted by molar-refractivity contribution is -0.121. The van der Waals surface area contributed by atoms with E-state index < -0.39 is 0 Å². The molecule has 7 nitrogen and oxygen atoms in total. The van der Waals surface area contributed by atoms with Crippen molar-refractivity contribution in [3.8, 4) is 17.2 Å². The Hall–Kier alpha value is -2.28. The number of aliphatic hydroxyl groups is 1. The highest BCUT2D eigenvalue weighted by atomic mass is 16.5. The Balaban J connectivity index is 2.78. The van der Waals surface area contributed by atoms with Gasteiger partial charge in [0.15, 0.2) is 0 Å². The second kappa shape index (κ2) is 8.00. The first-order valence-corrected chi connectivity index (χ1v) is 6.00. The molecule has 7 heteroatoms. The van der Waals surface area contributed by atoms with Crippen LogP contribution in [0.15, 0.2) is 17.2 Å². The Bertz CT molecular complexity index is 488. The largest absolute Gasteiger partial charge is 0.507 e. The van der Waals surface area contributed by atoms with E-state index in [1.807, 2.05) is 0 Å². The summed E-state index contributed by atoms with van der Waals surface area (Å²) in [5.41, 5.74) is 2.62. The van der Waals surface area contributed by atoms with Crippen molar-refractivity contribution in [1.29, 1.82) is 0 Å². The average molecular weight is 282 g/mol. The summed E-state index contributed by atoms with van der Waals surface area (Å²) < 4.78 is 10.1. The summed E-state index contributed by atoms with van der Waals surface area (Å²) in [5, 5.41) is 22.2. The van der Waals surface area contributed by atoms with Gasteiger partial charge in [-0.1, -0.05) is 0 Å². The molecular formula is C13H18N2O5. The molecule has 0 aliphatic carbocycles. The quantitative estimate of drug-likeness (QED) is 0.503. The molecule has 3 N–H and O–H groups in total. The van der Waals surface area contributed by atoms with E-state index in [9.17, 15) is 9.90 Å². The highest BCUT2D eigenvalue weighted by Gasteiger charge is 2.10. The molecule has 1 aromatic carbocycles. The number of hydrogen-bond donors (Lipinski definition) is 3. The zero-order valence-electron chi connectivity index (χ0n) is 11.4. The van der Waals surface area contributed by atoms with Crippen LogP contribution in [0, 0.1) is 0 Å². The fourth-order valence-corrected chi connectivity index (χ4v) is 1.47. The molecule has 1 amide bonds. The number of aliphatic hydroxyl groups excluding tert-OH is 1. The van der Waals surface area contributed by atoms with Gasteiger partial charge < -0.3 is 19.7 Å². The number of carbonyl (C=O) groups is 1. The first kappa shape index (κ1) is 15.8. The van der Waals surface area contributed by atoms with Gasteiger partial charge in [0.2, 0.25) is 5.91 Å². The van der Waals surface area contributed by atoms with E-state index >= 15 is 0 Å². The molecule has 0 aliphatic rings. The summed E-state index contributed by atoms with van der Waals surface area (Å²) in [7, 11) is 2.93. The predicted octanol–water partition coefficient (Wildman–Crippen LogP) is 0.632. The molecule has 1 aromatic rings. The highest BCUT2D eigenvalue weighted by Crippen LogP contribution is 2.31. The van der Waals surface area contributed by atoms with Crippen LogP contribution in [0.5, 0.6) is 17.2 Å². The number of phenolic OH excluding ortho intramolecular Hbond substituents is 1. The van der Waals surface area contributed by atoms with Crippen LogP contribution in [0.25, 0.3) is 0 Å². The van der Waals surface area contributed by atoms with Crippen LogP contribution in [-0.4, -0.2) is 43.2 Å². The number of amides is 1. The first-order chi connectivity index (χ1) is 9.62. The normalized spacial score (nSPS) is 10.6. The SMILES string of the molecule is COc1cc(O)c(/C=N/NC(=O)CCCO)c(OC)c1. The number of methoxy groups -OCH3 is 2. The molecule has 1 rings (SSSR count). The third-order valence-corrected chi connectivity index (χ3v) is 2.49. The van der Waals surface area contributed by atoms with Gasteiger partial charge in [0.1, 0.15) is 17.2 Å². The van der Waals surface area contributed by atoms with Crippen LogP contribution in [0.1, 0.15) is 18.4 Å². The van der Waals surface area contributed by atoms with Gasteiger partial charge in [-0.05, 0) is 6.42 Å². The topological polar surface area (TPSA) is 100 Å². The summed E-state index contributed by atoms with van der Waals surface area (Å²) in [6.45, 7) is -0.0514. The van der Waals surface area contributed by atoms with Gasteiger partial charge in [0.25, 0.3) is 0 Å². The van der Waals surface area contributed by atoms with Gasteiger partial charge in [-0.15, -0.1) is 0 Å². The standard InChI is InChI=1S/C13H18N2O5/c1-19-9-6-11(17)10(12(7-9)20-2)8-14-15-13(18)4-3-5-16/h6-8,16-17H,3-5H2,1-2H3,(H,15,18)/b14-8+.